The van der Waals surface area contributed by atoms with Crippen LogP contribution >= 0.6 is 0 Å². The summed E-state index contributed by atoms with van der Waals surface area (Å²) in [6.45, 7) is 19.1. The molecule has 1 heterocycles. The van der Waals surface area contributed by atoms with Crippen molar-refractivity contribution in [3.05, 3.63) is 82.0 Å². The van der Waals surface area contributed by atoms with Gasteiger partial charge in [-0.1, -0.05) is 75.0 Å². The van der Waals surface area contributed by atoms with E-state index in [-0.39, 0.29) is 35.2 Å². The Bertz CT molecular complexity index is 1660. The molecule has 0 fully saturated rings. The van der Waals surface area contributed by atoms with Gasteiger partial charge in [0.15, 0.2) is 0 Å². The van der Waals surface area contributed by atoms with Crippen molar-refractivity contribution in [1.82, 2.24) is 0 Å². The van der Waals surface area contributed by atoms with Crippen LogP contribution in [0.5, 0.6) is 23.0 Å². The van der Waals surface area contributed by atoms with Crippen LogP contribution in [0.25, 0.3) is 0 Å². The van der Waals surface area contributed by atoms with Gasteiger partial charge in [-0.05, 0) is 127 Å². The van der Waals surface area contributed by atoms with Gasteiger partial charge in [0, 0.05) is 28.9 Å². The number of phenolic OH excluding ortho intramolecular Hbond substituents is 1. The van der Waals surface area contributed by atoms with Gasteiger partial charge in [0.05, 0.1) is 0 Å². The number of fused-ring (bicyclic) bond motifs is 3. The molecule has 0 unspecified atom stereocenters. The highest BCUT2D eigenvalue weighted by Gasteiger charge is 2.46. The summed E-state index contributed by atoms with van der Waals surface area (Å²) in [5, 5.41) is 11.5. The van der Waals surface area contributed by atoms with E-state index in [4.69, 9.17) is 14.2 Å². The van der Waals surface area contributed by atoms with Crippen LogP contribution in [0.4, 0.5) is 0 Å². The lowest BCUT2D eigenvalue weighted by Gasteiger charge is -2.46. The van der Waals surface area contributed by atoms with Crippen LogP contribution in [0.1, 0.15) is 147 Å². The van der Waals surface area contributed by atoms with Crippen molar-refractivity contribution in [3.63, 3.8) is 0 Å². The number of carbonyl (C=O) groups excluding carboxylic acids is 2. The molecule has 2 aliphatic carbocycles. The molecule has 6 nitrogen and oxygen atoms in total. The van der Waals surface area contributed by atoms with Gasteiger partial charge in [0.2, 0.25) is 0 Å². The molecule has 0 spiro atoms. The number of hydrogen-bond acceptors (Lipinski definition) is 6. The average Bonchev–Trinajstić information content (AvgIpc) is 3.04. The lowest BCUT2D eigenvalue weighted by molar-refractivity contribution is -0.156. The molecule has 0 amide bonds. The molecule has 5 rings (SSSR count). The average molecular weight is 683 g/mol. The van der Waals surface area contributed by atoms with Crippen molar-refractivity contribution in [3.8, 4) is 23.0 Å². The third kappa shape index (κ3) is 8.38. The third-order valence-corrected chi connectivity index (χ3v) is 11.1. The molecule has 1 N–H and O–H groups in total. The predicted molar refractivity (Wildman–Crippen MR) is 200 cm³/mol. The summed E-state index contributed by atoms with van der Waals surface area (Å²) in [4.78, 5) is 27.5. The maximum Gasteiger partial charge on any atom is 0.423 e. The minimum Gasteiger partial charge on any atom is -0.507 e. The molecule has 6 heteroatoms. The minimum absolute atomic E-state index is 0.00484. The Balaban J connectivity index is 1.51. The van der Waals surface area contributed by atoms with Gasteiger partial charge in [-0.15, -0.1) is 0 Å². The van der Waals surface area contributed by atoms with E-state index in [9.17, 15) is 14.7 Å². The summed E-state index contributed by atoms with van der Waals surface area (Å²) < 4.78 is 18.7. The summed E-state index contributed by atoms with van der Waals surface area (Å²) in [5.41, 5.74) is 6.30. The second-order valence-corrected chi connectivity index (χ2v) is 15.6. The van der Waals surface area contributed by atoms with E-state index >= 15 is 0 Å². The van der Waals surface area contributed by atoms with E-state index in [1.807, 2.05) is 19.1 Å². The lowest BCUT2D eigenvalue weighted by Crippen LogP contribution is -2.45. The number of unbranched alkanes of at least 4 members (excludes halogenated alkanes) is 4. The van der Waals surface area contributed by atoms with E-state index in [1.54, 1.807) is 6.07 Å². The van der Waals surface area contributed by atoms with E-state index in [1.165, 1.54) is 11.1 Å². The van der Waals surface area contributed by atoms with Crippen molar-refractivity contribution in [2.75, 3.05) is 0 Å². The van der Waals surface area contributed by atoms with Crippen LogP contribution < -0.4 is 14.2 Å². The van der Waals surface area contributed by atoms with Gasteiger partial charge in [0.1, 0.15) is 28.6 Å². The van der Waals surface area contributed by atoms with Crippen LogP contribution in [0.15, 0.2) is 59.7 Å². The molecule has 0 saturated heterocycles. The Morgan fingerprint density at radius 2 is 1.36 bits per heavy atom. The van der Waals surface area contributed by atoms with Gasteiger partial charge in [-0.3, -0.25) is 0 Å². The van der Waals surface area contributed by atoms with Gasteiger partial charge in [-0.2, -0.15) is 0 Å². The highest BCUT2D eigenvalue weighted by molar-refractivity contribution is 6.31. The number of carbonyl (C=O) groups is 2. The van der Waals surface area contributed by atoms with Crippen molar-refractivity contribution in [2.45, 2.75) is 143 Å². The number of hydrogen-bond donors (Lipinski definition) is 1. The summed E-state index contributed by atoms with van der Waals surface area (Å²) >= 11 is 0. The predicted octanol–water partition coefficient (Wildman–Crippen LogP) is 11.0. The highest BCUT2D eigenvalue weighted by atomic mass is 16.6. The molecule has 0 bridgehead atoms. The zero-order valence-electron chi connectivity index (χ0n) is 31.5. The minimum atomic E-state index is -1.12. The summed E-state index contributed by atoms with van der Waals surface area (Å²) in [5.74, 6) is -0.858. The number of phenols is 1. The second kappa shape index (κ2) is 16.0. The molecular formula is C44H58O6. The van der Waals surface area contributed by atoms with Crippen molar-refractivity contribution < 1.29 is 28.9 Å². The largest absolute Gasteiger partial charge is 0.507 e. The monoisotopic (exact) mass is 682 g/mol. The van der Waals surface area contributed by atoms with E-state index in [0.717, 1.165) is 99.3 Å². The van der Waals surface area contributed by atoms with Gasteiger partial charge >= 0.3 is 11.9 Å². The summed E-state index contributed by atoms with van der Waals surface area (Å²) in [6.07, 6.45) is 16.0. The molecule has 50 heavy (non-hydrogen) atoms. The number of allylic oxidation sites excluding steroid dienone is 5. The lowest BCUT2D eigenvalue weighted by atomic mass is 9.68. The zero-order valence-corrected chi connectivity index (χ0v) is 31.5. The molecule has 0 aromatic heterocycles. The number of esters is 2. The fourth-order valence-corrected chi connectivity index (χ4v) is 8.37. The molecule has 4 atom stereocenters. The molecule has 3 aliphatic rings. The maximum atomic E-state index is 13.8. The Hall–Kier alpha value is -3.80. The summed E-state index contributed by atoms with van der Waals surface area (Å²) in [7, 11) is 0. The quantitative estimate of drug-likeness (QED) is 0.0789. The highest BCUT2D eigenvalue weighted by Crippen LogP contribution is 2.54. The van der Waals surface area contributed by atoms with Crippen LogP contribution in [-0.2, 0) is 22.4 Å². The van der Waals surface area contributed by atoms with Crippen LogP contribution in [0.3, 0.4) is 0 Å². The SMILES string of the molecule is C=C(C)[C@@H]1CCC(C)=C[C@H]1c1c(O)cc(CCCCC)cc1OC(=O)C(=O)Oc1cc(CCCCC)cc2c1[C@@H]1C=C(C)CC[C@H]1C(C)(C)O2. The first kappa shape index (κ1) is 37.5. The molecular weight excluding hydrogens is 624 g/mol. The Morgan fingerprint density at radius 3 is 1.94 bits per heavy atom. The van der Waals surface area contributed by atoms with Gasteiger partial charge in [0.25, 0.3) is 0 Å². The van der Waals surface area contributed by atoms with E-state index < -0.39 is 17.5 Å². The second-order valence-electron chi connectivity index (χ2n) is 15.6. The maximum absolute atomic E-state index is 13.8. The van der Waals surface area contributed by atoms with E-state index in [0.29, 0.717) is 17.1 Å². The van der Waals surface area contributed by atoms with Crippen LogP contribution in [-0.4, -0.2) is 22.6 Å². The number of benzene rings is 2. The number of ether oxygens (including phenoxy) is 3. The third-order valence-electron chi connectivity index (χ3n) is 11.1. The molecule has 2 aromatic carbocycles. The fraction of sp³-hybridized carbons (Fsp3) is 0.545. The Kier molecular flexibility index (Phi) is 12.0. The van der Waals surface area contributed by atoms with Crippen molar-refractivity contribution in [2.24, 2.45) is 11.8 Å². The number of aryl methyl sites for hydroxylation is 2. The Morgan fingerprint density at radius 1 is 0.820 bits per heavy atom. The smallest absolute Gasteiger partial charge is 0.423 e. The molecule has 270 valence electrons. The summed E-state index contributed by atoms with van der Waals surface area (Å²) in [6, 6.07) is 7.60. The first-order valence-corrected chi connectivity index (χ1v) is 19.0. The van der Waals surface area contributed by atoms with Crippen molar-refractivity contribution in [1.29, 1.82) is 0 Å². The Labute approximate surface area is 300 Å². The van der Waals surface area contributed by atoms with Gasteiger partial charge in [-0.25, -0.2) is 9.59 Å². The molecule has 0 saturated carbocycles. The number of rotatable bonds is 12. The first-order valence-electron chi connectivity index (χ1n) is 19.0. The van der Waals surface area contributed by atoms with Crippen molar-refractivity contribution >= 4 is 11.9 Å². The molecule has 2 aromatic rings. The zero-order chi connectivity index (χ0) is 36.2. The fourth-order valence-electron chi connectivity index (χ4n) is 8.37. The molecule has 1 aliphatic heterocycles. The van der Waals surface area contributed by atoms with Crippen LogP contribution in [0, 0.1) is 11.8 Å². The van der Waals surface area contributed by atoms with E-state index in [2.05, 4.69) is 66.3 Å². The number of aromatic hydroxyl groups is 1. The molecule has 0 radical (unpaired) electrons. The topological polar surface area (TPSA) is 82.1 Å². The standard InChI is InChI=1S/C44H58O6/c1-9-11-13-15-30-23-36(45)40(33-21-28(5)17-19-32(33)27(3)4)37(24-30)48-42(46)43(47)49-38-25-31(16-14-12-10-2)26-39-41(38)34-22-29(6)18-20-35(34)44(7,8)50-39/h21-26,32-35,45H,3,9-20H2,1-2,4-8H3/t32-,33+,34+,35+/m0/s1. The first-order chi connectivity index (χ1) is 23.8. The normalized spacial score (nSPS) is 22.3. The van der Waals surface area contributed by atoms with Crippen LogP contribution in [0.2, 0.25) is 0 Å². The van der Waals surface area contributed by atoms with Gasteiger partial charge < -0.3 is 19.3 Å².